The summed E-state index contributed by atoms with van der Waals surface area (Å²) < 4.78 is 0. The molecule has 1 heterocycles. The van der Waals surface area contributed by atoms with Crippen molar-refractivity contribution in [2.24, 2.45) is 5.73 Å². The third kappa shape index (κ3) is 2.53. The van der Waals surface area contributed by atoms with Crippen LogP contribution < -0.4 is 11.9 Å². The lowest BCUT2D eigenvalue weighted by Gasteiger charge is -1.78. The summed E-state index contributed by atoms with van der Waals surface area (Å²) in [6, 6.07) is 0. The maximum atomic E-state index is 10.2. The molecule has 58 valence electrons. The van der Waals surface area contributed by atoms with E-state index in [-0.39, 0.29) is 11.6 Å². The fourth-order valence-electron chi connectivity index (χ4n) is 0.345. The van der Waals surface area contributed by atoms with Crippen LogP contribution in [-0.4, -0.2) is 16.4 Å². The van der Waals surface area contributed by atoms with Crippen LogP contribution in [0.4, 0.5) is 0 Å². The lowest BCUT2D eigenvalue weighted by Crippen LogP contribution is -2.09. The number of carbonyl (C=O) groups excluding carboxylic acids is 1. The highest BCUT2D eigenvalue weighted by Gasteiger charge is 1.98. The summed E-state index contributed by atoms with van der Waals surface area (Å²) in [6.07, 6.45) is 1.55. The molecule has 0 aliphatic carbocycles. The monoisotopic (exact) mass is 163 g/mol. The Kier molecular flexibility index (Phi) is 5.72. The lowest BCUT2D eigenvalue weighted by molar-refractivity contribution is 0.1000. The Labute approximate surface area is 61.8 Å². The number of amides is 1. The first-order valence-electron chi connectivity index (χ1n) is 2.00. The molecule has 6 heteroatoms. The normalized spacial score (nSPS) is 7.20. The minimum absolute atomic E-state index is 0. The maximum absolute atomic E-state index is 10.2. The van der Waals surface area contributed by atoms with Gasteiger partial charge < -0.3 is 17.4 Å². The Morgan fingerprint density at radius 2 is 2.30 bits per heavy atom. The predicted molar refractivity (Wildman–Crippen MR) is 39.3 cm³/mol. The van der Waals surface area contributed by atoms with E-state index in [0.717, 1.165) is 0 Å². The summed E-state index contributed by atoms with van der Waals surface area (Å²) in [5.74, 6) is -0.458. The Morgan fingerprint density at radius 3 is 2.50 bits per heavy atom. The quantitative estimate of drug-likeness (QED) is 0.584. The van der Waals surface area contributed by atoms with Gasteiger partial charge in [0.2, 0.25) is 0 Å². The molecule has 7 N–H and O–H groups in total. The maximum Gasteiger partial charge on any atom is 0.277 e. The summed E-state index contributed by atoms with van der Waals surface area (Å²) in [5.41, 5.74) is 4.87. The molecule has 0 saturated heterocycles. The van der Waals surface area contributed by atoms with Crippen LogP contribution in [-0.2, 0) is 0 Å². The summed E-state index contributed by atoms with van der Waals surface area (Å²) >= 11 is 1.25. The van der Waals surface area contributed by atoms with Gasteiger partial charge in [0, 0.05) is 11.6 Å². The first-order valence-corrected chi connectivity index (χ1v) is 2.88. The van der Waals surface area contributed by atoms with Gasteiger partial charge in [-0.15, -0.1) is 11.3 Å². The number of nitrogens with two attached hydrogens (primary N) is 1. The molecule has 0 atom stereocenters. The zero-order valence-corrected chi connectivity index (χ0v) is 6.02. The molecule has 1 aromatic rings. The van der Waals surface area contributed by atoms with Gasteiger partial charge in [-0.2, -0.15) is 0 Å². The van der Waals surface area contributed by atoms with Crippen molar-refractivity contribution in [3.05, 3.63) is 16.6 Å². The molecule has 0 aromatic carbocycles. The van der Waals surface area contributed by atoms with Crippen LogP contribution in [0.3, 0.4) is 0 Å². The van der Waals surface area contributed by atoms with E-state index in [1.54, 1.807) is 11.6 Å². The summed E-state index contributed by atoms with van der Waals surface area (Å²) in [6.45, 7) is 0. The topological polar surface area (TPSA) is 122 Å². The molecule has 0 aliphatic heterocycles. The van der Waals surface area contributed by atoms with E-state index in [9.17, 15) is 4.79 Å². The third-order valence-electron chi connectivity index (χ3n) is 0.643. The molecule has 5 nitrogen and oxygen atoms in total. The average molecular weight is 163 g/mol. The number of hydrogen-bond acceptors (Lipinski definition) is 4. The number of thiazole rings is 1. The van der Waals surface area contributed by atoms with Gasteiger partial charge in [-0.05, 0) is 0 Å². The molecule has 1 aromatic heterocycles. The Morgan fingerprint density at radius 1 is 1.70 bits per heavy atom. The lowest BCUT2D eigenvalue weighted by atomic mass is 10.7. The number of nitrogens with zero attached hydrogens (tertiary/aromatic N) is 1. The van der Waals surface area contributed by atoms with Crippen molar-refractivity contribution in [3.8, 4) is 0 Å². The molecule has 0 bridgehead atoms. The second-order valence-corrected chi connectivity index (χ2v) is 2.10. The summed E-state index contributed by atoms with van der Waals surface area (Å²) in [5, 5.41) is 2.07. The van der Waals surface area contributed by atoms with E-state index in [2.05, 4.69) is 4.98 Å². The highest BCUT2D eigenvalue weighted by molar-refractivity contribution is 7.11. The molecule has 1 amide bonds. The van der Waals surface area contributed by atoms with Crippen molar-refractivity contribution in [2.75, 3.05) is 0 Å². The van der Waals surface area contributed by atoms with Crippen molar-refractivity contribution < 1.29 is 10.3 Å². The van der Waals surface area contributed by atoms with Crippen LogP contribution in [0, 0.1) is 0 Å². The Balaban J connectivity index is 0. The smallest absolute Gasteiger partial charge is 0.277 e. The second-order valence-electron chi connectivity index (χ2n) is 1.20. The van der Waals surface area contributed by atoms with Crippen molar-refractivity contribution in [2.45, 2.75) is 0 Å². The predicted octanol–water partition coefficient (Wildman–Crippen LogP) is -0.421. The van der Waals surface area contributed by atoms with Crippen molar-refractivity contribution in [1.82, 2.24) is 11.1 Å². The third-order valence-corrected chi connectivity index (χ3v) is 1.43. The minimum Gasteiger partial charge on any atom is -0.412 e. The van der Waals surface area contributed by atoms with E-state index < -0.39 is 5.91 Å². The van der Waals surface area contributed by atoms with Gasteiger partial charge >= 0.3 is 0 Å². The van der Waals surface area contributed by atoms with Gasteiger partial charge in [-0.25, -0.2) is 4.98 Å². The van der Waals surface area contributed by atoms with Crippen LogP contribution in [0.2, 0.25) is 0 Å². The first-order chi connectivity index (χ1) is 3.80. The number of hydrogen-bond donors (Lipinski definition) is 2. The van der Waals surface area contributed by atoms with Gasteiger partial charge in [-0.1, -0.05) is 0 Å². The molecule has 10 heavy (non-hydrogen) atoms. The molecular formula is C4H9N3O2S. The standard InChI is InChI=1S/C4H4N2OS.H3N.H2O/c5-3(7)4-6-1-2-8-4;;/h1-2H,(H2,5,7);1H3;1H2. The molecule has 0 saturated carbocycles. The van der Waals surface area contributed by atoms with E-state index in [1.165, 1.54) is 11.3 Å². The Bertz CT molecular complexity index is 186. The van der Waals surface area contributed by atoms with Crippen molar-refractivity contribution in [1.29, 1.82) is 0 Å². The van der Waals surface area contributed by atoms with Crippen LogP contribution >= 0.6 is 11.3 Å². The number of rotatable bonds is 1. The average Bonchev–Trinajstić information content (AvgIpc) is 2.12. The SMILES string of the molecule is N.NC(=O)c1nccs1.O. The van der Waals surface area contributed by atoms with Gasteiger partial charge in [0.05, 0.1) is 0 Å². The summed E-state index contributed by atoms with van der Waals surface area (Å²) in [7, 11) is 0. The van der Waals surface area contributed by atoms with Gasteiger partial charge in [0.15, 0.2) is 5.01 Å². The highest BCUT2D eigenvalue weighted by Crippen LogP contribution is 2.00. The van der Waals surface area contributed by atoms with E-state index in [0.29, 0.717) is 5.01 Å². The molecule has 0 spiro atoms. The van der Waals surface area contributed by atoms with Crippen LogP contribution in [0.5, 0.6) is 0 Å². The zero-order valence-electron chi connectivity index (χ0n) is 5.20. The fourth-order valence-corrected chi connectivity index (χ4v) is 0.834. The molecule has 0 fully saturated rings. The van der Waals surface area contributed by atoms with Gasteiger partial charge in [0.25, 0.3) is 5.91 Å². The van der Waals surface area contributed by atoms with E-state index in [4.69, 9.17) is 5.73 Å². The van der Waals surface area contributed by atoms with Crippen LogP contribution in [0.1, 0.15) is 9.80 Å². The Hall–Kier alpha value is -0.980. The molecule has 0 radical (unpaired) electrons. The van der Waals surface area contributed by atoms with Crippen molar-refractivity contribution in [3.63, 3.8) is 0 Å². The minimum atomic E-state index is -0.458. The number of carbonyl (C=O) groups is 1. The highest BCUT2D eigenvalue weighted by atomic mass is 32.1. The van der Waals surface area contributed by atoms with Crippen LogP contribution in [0.25, 0.3) is 0 Å². The molecule has 1 rings (SSSR count). The molecular weight excluding hydrogens is 154 g/mol. The van der Waals surface area contributed by atoms with Gasteiger partial charge in [-0.3, -0.25) is 4.79 Å². The van der Waals surface area contributed by atoms with Gasteiger partial charge in [0.1, 0.15) is 0 Å². The van der Waals surface area contributed by atoms with Crippen molar-refractivity contribution >= 4 is 17.2 Å². The molecule has 0 aliphatic rings. The summed E-state index contributed by atoms with van der Waals surface area (Å²) in [4.78, 5) is 13.9. The van der Waals surface area contributed by atoms with Crippen LogP contribution in [0.15, 0.2) is 11.6 Å². The zero-order chi connectivity index (χ0) is 5.98. The number of aromatic nitrogens is 1. The first kappa shape index (κ1) is 11.8. The van der Waals surface area contributed by atoms with E-state index in [1.807, 2.05) is 0 Å². The number of primary amides is 1. The largest absolute Gasteiger partial charge is 0.412 e. The molecule has 0 unspecified atom stereocenters. The van der Waals surface area contributed by atoms with E-state index >= 15 is 0 Å². The fraction of sp³-hybridized carbons (Fsp3) is 0. The second kappa shape index (κ2) is 4.86.